The number of halogens is 1. The van der Waals surface area contributed by atoms with Crippen LogP contribution in [0.4, 0.5) is 10.1 Å². The number of methoxy groups -OCH3 is 1. The molecule has 0 unspecified atom stereocenters. The van der Waals surface area contributed by atoms with Gasteiger partial charge in [0.1, 0.15) is 11.4 Å². The lowest BCUT2D eigenvalue weighted by molar-refractivity contribution is 0.408. The van der Waals surface area contributed by atoms with Crippen LogP contribution in [0, 0.1) is 5.82 Å². The van der Waals surface area contributed by atoms with E-state index in [1.54, 1.807) is 13.2 Å². The highest BCUT2D eigenvalue weighted by atomic mass is 19.1. The molecule has 0 atom stereocenters. The van der Waals surface area contributed by atoms with Crippen molar-refractivity contribution < 1.29 is 9.13 Å². The van der Waals surface area contributed by atoms with Gasteiger partial charge in [0.25, 0.3) is 0 Å². The van der Waals surface area contributed by atoms with E-state index in [1.807, 2.05) is 6.07 Å². The molecule has 0 bridgehead atoms. The van der Waals surface area contributed by atoms with Gasteiger partial charge in [-0.3, -0.25) is 0 Å². The number of anilines is 1. The highest BCUT2D eigenvalue weighted by molar-refractivity contribution is 5.61. The lowest BCUT2D eigenvalue weighted by Gasteiger charge is -2.31. The summed E-state index contributed by atoms with van der Waals surface area (Å²) >= 11 is 0. The SMILES string of the molecule is COc1cc(C(C)C)cc(F)c1N1CCNCC1. The van der Waals surface area contributed by atoms with Gasteiger partial charge < -0.3 is 15.0 Å². The van der Waals surface area contributed by atoms with Gasteiger partial charge in [-0.2, -0.15) is 0 Å². The van der Waals surface area contributed by atoms with E-state index in [4.69, 9.17) is 4.74 Å². The molecule has 0 aromatic heterocycles. The minimum Gasteiger partial charge on any atom is -0.494 e. The van der Waals surface area contributed by atoms with Gasteiger partial charge in [0, 0.05) is 26.2 Å². The molecule has 4 heteroatoms. The van der Waals surface area contributed by atoms with Crippen molar-refractivity contribution in [1.82, 2.24) is 5.32 Å². The van der Waals surface area contributed by atoms with Crippen molar-refractivity contribution in [3.8, 4) is 5.75 Å². The zero-order chi connectivity index (χ0) is 13.1. The van der Waals surface area contributed by atoms with Crippen LogP contribution in [-0.2, 0) is 0 Å². The second kappa shape index (κ2) is 5.57. The van der Waals surface area contributed by atoms with E-state index in [9.17, 15) is 4.39 Å². The molecule has 1 aromatic carbocycles. The third-order valence-electron chi connectivity index (χ3n) is 3.37. The number of rotatable bonds is 3. The van der Waals surface area contributed by atoms with Gasteiger partial charge in [-0.1, -0.05) is 13.8 Å². The van der Waals surface area contributed by atoms with E-state index in [0.29, 0.717) is 17.4 Å². The summed E-state index contributed by atoms with van der Waals surface area (Å²) in [6.07, 6.45) is 0. The molecule has 3 nitrogen and oxygen atoms in total. The lowest BCUT2D eigenvalue weighted by Crippen LogP contribution is -2.44. The smallest absolute Gasteiger partial charge is 0.150 e. The minimum absolute atomic E-state index is 0.181. The number of piperazine rings is 1. The molecule has 0 spiro atoms. The normalized spacial score (nSPS) is 16.2. The highest BCUT2D eigenvalue weighted by Crippen LogP contribution is 2.34. The summed E-state index contributed by atoms with van der Waals surface area (Å²) in [5, 5.41) is 3.27. The molecule has 1 N–H and O–H groups in total. The van der Waals surface area contributed by atoms with Crippen molar-refractivity contribution in [3.05, 3.63) is 23.5 Å². The zero-order valence-corrected chi connectivity index (χ0v) is 11.3. The average Bonchev–Trinajstić information content (AvgIpc) is 2.38. The molecule has 1 aromatic rings. The van der Waals surface area contributed by atoms with Crippen molar-refractivity contribution >= 4 is 5.69 Å². The third kappa shape index (κ3) is 2.58. The van der Waals surface area contributed by atoms with Crippen LogP contribution in [-0.4, -0.2) is 33.3 Å². The summed E-state index contributed by atoms with van der Waals surface area (Å²) in [6.45, 7) is 7.50. The van der Waals surface area contributed by atoms with Crippen LogP contribution in [0.15, 0.2) is 12.1 Å². The zero-order valence-electron chi connectivity index (χ0n) is 11.3. The Morgan fingerprint density at radius 1 is 1.28 bits per heavy atom. The summed E-state index contributed by atoms with van der Waals surface area (Å²) in [4.78, 5) is 2.05. The van der Waals surface area contributed by atoms with Gasteiger partial charge in [0.15, 0.2) is 5.82 Å². The van der Waals surface area contributed by atoms with Gasteiger partial charge in [0.05, 0.1) is 7.11 Å². The van der Waals surface area contributed by atoms with Crippen LogP contribution in [0.2, 0.25) is 0 Å². The summed E-state index contributed by atoms with van der Waals surface area (Å²) in [6, 6.07) is 3.58. The fourth-order valence-electron chi connectivity index (χ4n) is 2.28. The fraction of sp³-hybridized carbons (Fsp3) is 0.571. The largest absolute Gasteiger partial charge is 0.494 e. The molecule has 100 valence electrons. The highest BCUT2D eigenvalue weighted by Gasteiger charge is 2.20. The Bertz CT molecular complexity index is 415. The van der Waals surface area contributed by atoms with Crippen LogP contribution in [0.25, 0.3) is 0 Å². The predicted octanol–water partition coefficient (Wildman–Crippen LogP) is 2.37. The molecule has 1 aliphatic heterocycles. The molecule has 1 saturated heterocycles. The Morgan fingerprint density at radius 2 is 1.94 bits per heavy atom. The minimum atomic E-state index is -0.181. The first-order valence-corrected chi connectivity index (χ1v) is 6.46. The molecule has 1 aliphatic rings. The molecular formula is C14H21FN2O. The molecule has 0 radical (unpaired) electrons. The summed E-state index contributed by atoms with van der Waals surface area (Å²) in [5.74, 6) is 0.756. The number of hydrogen-bond acceptors (Lipinski definition) is 3. The number of nitrogens with zero attached hydrogens (tertiary/aromatic N) is 1. The number of nitrogens with one attached hydrogen (secondary N) is 1. The van der Waals surface area contributed by atoms with E-state index < -0.39 is 0 Å². The van der Waals surface area contributed by atoms with Gasteiger partial charge in [-0.15, -0.1) is 0 Å². The first-order chi connectivity index (χ1) is 8.63. The van der Waals surface area contributed by atoms with Crippen LogP contribution in [0.1, 0.15) is 25.3 Å². The van der Waals surface area contributed by atoms with Crippen LogP contribution >= 0.6 is 0 Å². The molecule has 2 rings (SSSR count). The number of benzene rings is 1. The van der Waals surface area contributed by atoms with E-state index in [-0.39, 0.29) is 5.82 Å². The summed E-state index contributed by atoms with van der Waals surface area (Å²) in [7, 11) is 1.60. The maximum absolute atomic E-state index is 14.3. The standard InChI is InChI=1S/C14H21FN2O/c1-10(2)11-8-12(15)14(13(9-11)18-3)17-6-4-16-5-7-17/h8-10,16H,4-7H2,1-3H3. The maximum Gasteiger partial charge on any atom is 0.150 e. The van der Waals surface area contributed by atoms with Crippen molar-refractivity contribution in [1.29, 1.82) is 0 Å². The Morgan fingerprint density at radius 3 is 2.50 bits per heavy atom. The molecular weight excluding hydrogens is 231 g/mol. The van der Waals surface area contributed by atoms with Crippen LogP contribution in [0.3, 0.4) is 0 Å². The number of hydrogen-bond donors (Lipinski definition) is 1. The Kier molecular flexibility index (Phi) is 4.07. The monoisotopic (exact) mass is 252 g/mol. The van der Waals surface area contributed by atoms with E-state index >= 15 is 0 Å². The molecule has 0 amide bonds. The van der Waals surface area contributed by atoms with Gasteiger partial charge in [-0.25, -0.2) is 4.39 Å². The van der Waals surface area contributed by atoms with Crippen LogP contribution < -0.4 is 15.0 Å². The third-order valence-corrected chi connectivity index (χ3v) is 3.37. The van der Waals surface area contributed by atoms with Crippen molar-refractivity contribution in [2.75, 3.05) is 38.2 Å². The summed E-state index contributed by atoms with van der Waals surface area (Å²) in [5.41, 5.74) is 1.58. The van der Waals surface area contributed by atoms with Gasteiger partial charge >= 0.3 is 0 Å². The van der Waals surface area contributed by atoms with E-state index in [2.05, 4.69) is 24.1 Å². The van der Waals surface area contributed by atoms with Gasteiger partial charge in [-0.05, 0) is 23.6 Å². The maximum atomic E-state index is 14.3. The van der Waals surface area contributed by atoms with Crippen LogP contribution in [0.5, 0.6) is 5.75 Å². The summed E-state index contributed by atoms with van der Waals surface area (Å²) < 4.78 is 19.7. The van der Waals surface area contributed by atoms with Gasteiger partial charge in [0.2, 0.25) is 0 Å². The second-order valence-corrected chi connectivity index (χ2v) is 4.95. The Hall–Kier alpha value is -1.29. The Balaban J connectivity index is 2.39. The first-order valence-electron chi connectivity index (χ1n) is 6.46. The van der Waals surface area contributed by atoms with Crippen molar-refractivity contribution in [2.45, 2.75) is 19.8 Å². The molecule has 18 heavy (non-hydrogen) atoms. The van der Waals surface area contributed by atoms with Crippen molar-refractivity contribution in [2.24, 2.45) is 0 Å². The van der Waals surface area contributed by atoms with E-state index in [0.717, 1.165) is 31.7 Å². The van der Waals surface area contributed by atoms with Crippen molar-refractivity contribution in [3.63, 3.8) is 0 Å². The van der Waals surface area contributed by atoms with E-state index in [1.165, 1.54) is 0 Å². The number of ether oxygens (including phenoxy) is 1. The quantitative estimate of drug-likeness (QED) is 0.894. The predicted molar refractivity (Wildman–Crippen MR) is 72.1 cm³/mol. The Labute approximate surface area is 108 Å². The lowest BCUT2D eigenvalue weighted by atomic mass is 10.0. The molecule has 1 heterocycles. The molecule has 0 saturated carbocycles. The molecule has 1 fully saturated rings. The first kappa shape index (κ1) is 13.1. The molecule has 0 aliphatic carbocycles. The topological polar surface area (TPSA) is 24.5 Å². The average molecular weight is 252 g/mol. The second-order valence-electron chi connectivity index (χ2n) is 4.95. The fourth-order valence-corrected chi connectivity index (χ4v) is 2.28.